The van der Waals surface area contributed by atoms with Crippen LogP contribution in [0.15, 0.2) is 38.8 Å². The Morgan fingerprint density at radius 3 is 2.70 bits per heavy atom. The molecule has 0 spiro atoms. The predicted molar refractivity (Wildman–Crippen MR) is 113 cm³/mol. The van der Waals surface area contributed by atoms with E-state index in [0.29, 0.717) is 21.1 Å². The number of hydrogen-bond acceptors (Lipinski definition) is 4. The van der Waals surface area contributed by atoms with Gasteiger partial charge >= 0.3 is 0 Å². The molecule has 2 aromatic rings. The number of hydrogen-bond donors (Lipinski definition) is 2. The third-order valence-corrected chi connectivity index (χ3v) is 6.32. The smallest absolute Gasteiger partial charge is 0.266 e. The van der Waals surface area contributed by atoms with Gasteiger partial charge in [0, 0.05) is 4.47 Å². The number of phenols is 1. The van der Waals surface area contributed by atoms with Crippen LogP contribution in [0, 0.1) is 11.3 Å². The SMILES string of the molecule is CCOc1cc(/C=C(/C#N)C(=O)Nc2cccc(Cl)c2Cl)c(Br)c(Br)c1O. The second kappa shape index (κ2) is 9.47. The first-order chi connectivity index (χ1) is 12.8. The Morgan fingerprint density at radius 1 is 1.37 bits per heavy atom. The van der Waals surface area contributed by atoms with Gasteiger partial charge in [0.1, 0.15) is 11.6 Å². The first-order valence-corrected chi connectivity index (χ1v) is 9.85. The molecule has 0 aliphatic heterocycles. The third kappa shape index (κ3) is 4.96. The van der Waals surface area contributed by atoms with Gasteiger partial charge in [-0.3, -0.25) is 4.79 Å². The van der Waals surface area contributed by atoms with E-state index < -0.39 is 5.91 Å². The van der Waals surface area contributed by atoms with Gasteiger partial charge in [0.15, 0.2) is 11.5 Å². The van der Waals surface area contributed by atoms with Crippen LogP contribution in [-0.4, -0.2) is 17.6 Å². The number of ether oxygens (including phenoxy) is 1. The van der Waals surface area contributed by atoms with Gasteiger partial charge in [-0.25, -0.2) is 0 Å². The number of nitriles is 1. The van der Waals surface area contributed by atoms with Crippen molar-refractivity contribution < 1.29 is 14.6 Å². The molecular weight excluding hydrogens is 523 g/mol. The van der Waals surface area contributed by atoms with E-state index in [4.69, 9.17) is 27.9 Å². The topological polar surface area (TPSA) is 82.3 Å². The largest absolute Gasteiger partial charge is 0.503 e. The number of phenolic OH excluding ortho intramolecular Hbond substituents is 1. The summed E-state index contributed by atoms with van der Waals surface area (Å²) in [5.41, 5.74) is 0.579. The van der Waals surface area contributed by atoms with E-state index in [9.17, 15) is 15.2 Å². The van der Waals surface area contributed by atoms with Crippen molar-refractivity contribution in [2.24, 2.45) is 0 Å². The summed E-state index contributed by atoms with van der Waals surface area (Å²) >= 11 is 18.6. The van der Waals surface area contributed by atoms with Gasteiger partial charge in [0.25, 0.3) is 5.91 Å². The standard InChI is InChI=1S/C18H12Br2Cl2N2O3/c1-2-27-13-7-9(14(19)15(20)17(13)25)6-10(8-23)18(26)24-12-5-3-4-11(21)16(12)22/h3-7,25H,2H2,1H3,(H,24,26)/b10-6-. The zero-order valence-corrected chi connectivity index (χ0v) is 18.5. The molecule has 0 radical (unpaired) electrons. The summed E-state index contributed by atoms with van der Waals surface area (Å²) in [6.45, 7) is 2.11. The quantitative estimate of drug-likeness (QED) is 0.355. The molecule has 2 rings (SSSR count). The van der Waals surface area contributed by atoms with Crippen LogP contribution in [0.5, 0.6) is 11.5 Å². The highest BCUT2D eigenvalue weighted by molar-refractivity contribution is 9.13. The second-order valence-corrected chi connectivity index (χ2v) is 7.47. The highest BCUT2D eigenvalue weighted by atomic mass is 79.9. The van der Waals surface area contributed by atoms with Crippen LogP contribution in [0.1, 0.15) is 12.5 Å². The molecule has 5 nitrogen and oxygen atoms in total. The number of aromatic hydroxyl groups is 1. The summed E-state index contributed by atoms with van der Waals surface area (Å²) in [5, 5.41) is 22.5. The lowest BCUT2D eigenvalue weighted by atomic mass is 10.1. The number of benzene rings is 2. The van der Waals surface area contributed by atoms with E-state index in [1.807, 2.05) is 6.07 Å². The maximum Gasteiger partial charge on any atom is 0.266 e. The molecule has 9 heteroatoms. The Morgan fingerprint density at radius 2 is 2.07 bits per heavy atom. The first-order valence-electron chi connectivity index (χ1n) is 7.51. The van der Waals surface area contributed by atoms with Crippen LogP contribution >= 0.6 is 55.1 Å². The van der Waals surface area contributed by atoms with E-state index in [-0.39, 0.29) is 32.8 Å². The molecular formula is C18H12Br2Cl2N2O3. The van der Waals surface area contributed by atoms with Gasteiger partial charge in [-0.2, -0.15) is 5.26 Å². The fourth-order valence-corrected chi connectivity index (χ4v) is 3.27. The van der Waals surface area contributed by atoms with Gasteiger partial charge in [0.2, 0.25) is 0 Å². The summed E-state index contributed by atoms with van der Waals surface area (Å²) < 4.78 is 6.17. The number of amides is 1. The van der Waals surface area contributed by atoms with Gasteiger partial charge in [-0.05, 0) is 68.6 Å². The Labute approximate surface area is 182 Å². The number of carbonyl (C=O) groups is 1. The summed E-state index contributed by atoms with van der Waals surface area (Å²) in [6, 6.07) is 8.15. The second-order valence-electron chi connectivity index (χ2n) is 5.10. The van der Waals surface area contributed by atoms with Gasteiger partial charge in [-0.1, -0.05) is 29.3 Å². The van der Waals surface area contributed by atoms with Crippen LogP contribution in [0.2, 0.25) is 10.0 Å². The molecule has 1 amide bonds. The number of nitrogens with zero attached hydrogens (tertiary/aromatic N) is 1. The van der Waals surface area contributed by atoms with E-state index in [2.05, 4.69) is 37.2 Å². The molecule has 0 saturated carbocycles. The van der Waals surface area contributed by atoms with Crippen molar-refractivity contribution in [3.8, 4) is 17.6 Å². The fraction of sp³-hybridized carbons (Fsp3) is 0.111. The van der Waals surface area contributed by atoms with Crippen molar-refractivity contribution in [2.75, 3.05) is 11.9 Å². The molecule has 0 aliphatic carbocycles. The summed E-state index contributed by atoms with van der Waals surface area (Å²) in [6.07, 6.45) is 1.37. The van der Waals surface area contributed by atoms with Crippen LogP contribution in [0.4, 0.5) is 5.69 Å². The number of anilines is 1. The molecule has 27 heavy (non-hydrogen) atoms. The minimum absolute atomic E-state index is 0.0884. The molecule has 0 bridgehead atoms. The molecule has 2 N–H and O–H groups in total. The van der Waals surface area contributed by atoms with Crippen LogP contribution in [-0.2, 0) is 4.79 Å². The summed E-state index contributed by atoms with van der Waals surface area (Å²) in [4.78, 5) is 12.5. The Kier molecular flexibility index (Phi) is 7.57. The van der Waals surface area contributed by atoms with Gasteiger partial charge in [-0.15, -0.1) is 0 Å². The van der Waals surface area contributed by atoms with Crippen LogP contribution < -0.4 is 10.1 Å². The van der Waals surface area contributed by atoms with Crippen molar-refractivity contribution in [1.82, 2.24) is 0 Å². The number of carbonyl (C=O) groups excluding carboxylic acids is 1. The molecule has 0 fully saturated rings. The summed E-state index contributed by atoms with van der Waals surface area (Å²) in [7, 11) is 0. The number of nitrogens with one attached hydrogen (secondary N) is 1. The molecule has 0 saturated heterocycles. The van der Waals surface area contributed by atoms with Crippen molar-refractivity contribution >= 4 is 72.7 Å². The minimum Gasteiger partial charge on any atom is -0.503 e. The zero-order valence-electron chi connectivity index (χ0n) is 13.8. The minimum atomic E-state index is -0.657. The average Bonchev–Trinajstić information content (AvgIpc) is 2.65. The maximum atomic E-state index is 12.5. The first kappa shape index (κ1) is 21.6. The average molecular weight is 535 g/mol. The van der Waals surface area contributed by atoms with E-state index in [1.54, 1.807) is 25.1 Å². The molecule has 2 aromatic carbocycles. The monoisotopic (exact) mass is 532 g/mol. The molecule has 0 unspecified atom stereocenters. The van der Waals surface area contributed by atoms with Crippen LogP contribution in [0.25, 0.3) is 6.08 Å². The van der Waals surface area contributed by atoms with Crippen molar-refractivity contribution in [3.63, 3.8) is 0 Å². The molecule has 0 atom stereocenters. The van der Waals surface area contributed by atoms with Crippen molar-refractivity contribution in [2.45, 2.75) is 6.92 Å². The van der Waals surface area contributed by atoms with E-state index in [0.717, 1.165) is 0 Å². The zero-order chi connectivity index (χ0) is 20.1. The number of halogens is 4. The maximum absolute atomic E-state index is 12.5. The molecule has 140 valence electrons. The lowest BCUT2D eigenvalue weighted by Gasteiger charge is -2.12. The van der Waals surface area contributed by atoms with Crippen molar-refractivity contribution in [1.29, 1.82) is 5.26 Å². The fourth-order valence-electron chi connectivity index (χ4n) is 2.08. The Bertz CT molecular complexity index is 972. The van der Waals surface area contributed by atoms with Crippen molar-refractivity contribution in [3.05, 3.63) is 54.4 Å². The normalized spacial score (nSPS) is 11.0. The van der Waals surface area contributed by atoms with E-state index >= 15 is 0 Å². The van der Waals surface area contributed by atoms with E-state index in [1.165, 1.54) is 12.1 Å². The molecule has 0 aromatic heterocycles. The lowest BCUT2D eigenvalue weighted by Crippen LogP contribution is -2.13. The molecule has 0 aliphatic rings. The highest BCUT2D eigenvalue weighted by Gasteiger charge is 2.17. The van der Waals surface area contributed by atoms with Gasteiger partial charge in [0.05, 0.1) is 26.8 Å². The molecule has 0 heterocycles. The Balaban J connectivity index is 2.42. The summed E-state index contributed by atoms with van der Waals surface area (Å²) in [5.74, 6) is -0.528. The lowest BCUT2D eigenvalue weighted by molar-refractivity contribution is -0.112. The Hall–Kier alpha value is -1.72. The predicted octanol–water partition coefficient (Wildman–Crippen LogP) is 6.17. The van der Waals surface area contributed by atoms with Crippen LogP contribution in [0.3, 0.4) is 0 Å². The number of rotatable bonds is 5. The third-order valence-electron chi connectivity index (χ3n) is 3.34. The van der Waals surface area contributed by atoms with Gasteiger partial charge < -0.3 is 15.2 Å². The highest BCUT2D eigenvalue weighted by Crippen LogP contribution is 2.42.